The van der Waals surface area contributed by atoms with Crippen LogP contribution in [-0.4, -0.2) is 32.0 Å². The lowest BCUT2D eigenvalue weighted by Crippen LogP contribution is -2.03. The van der Waals surface area contributed by atoms with Gasteiger partial charge in [0.05, 0.1) is 28.0 Å². The van der Waals surface area contributed by atoms with Crippen LogP contribution in [0.5, 0.6) is 5.75 Å². The lowest BCUT2D eigenvalue weighted by atomic mass is 10.1. The van der Waals surface area contributed by atoms with Crippen LogP contribution >= 0.6 is 0 Å². The Morgan fingerprint density at radius 2 is 1.93 bits per heavy atom. The average molecular weight is 387 g/mol. The monoisotopic (exact) mass is 387 g/mol. The summed E-state index contributed by atoms with van der Waals surface area (Å²) in [6.07, 6.45) is 0.650. The lowest BCUT2D eigenvalue weighted by Gasteiger charge is -2.12. The van der Waals surface area contributed by atoms with Crippen LogP contribution in [0, 0.1) is 6.92 Å². The highest BCUT2D eigenvalue weighted by molar-refractivity contribution is 6.03. The first kappa shape index (κ1) is 18.2. The van der Waals surface area contributed by atoms with Crippen LogP contribution in [0.2, 0.25) is 0 Å². The van der Waals surface area contributed by atoms with Gasteiger partial charge in [-0.25, -0.2) is 9.78 Å². The van der Waals surface area contributed by atoms with Gasteiger partial charge in [-0.1, -0.05) is 18.2 Å². The second kappa shape index (κ2) is 6.79. The number of carboxylic acids is 1. The molecule has 29 heavy (non-hydrogen) atoms. The van der Waals surface area contributed by atoms with Crippen molar-refractivity contribution >= 4 is 29.1 Å². The van der Waals surface area contributed by atoms with E-state index in [0.717, 1.165) is 5.56 Å². The van der Waals surface area contributed by atoms with Gasteiger partial charge in [-0.15, -0.1) is 0 Å². The standard InChI is InChI=1S/C22H17N3O4/c1-12-5-6-15(27)10-19(12)25-18-8-7-17(24-20(18)16(11-26)21(25)23)13-3-2-4-14(9-13)22(28)29/h2-11,27H,23H2,1H3,(H,28,29). The van der Waals surface area contributed by atoms with Crippen molar-refractivity contribution in [1.82, 2.24) is 9.55 Å². The quantitative estimate of drug-likeness (QED) is 0.458. The summed E-state index contributed by atoms with van der Waals surface area (Å²) in [6.45, 7) is 1.87. The van der Waals surface area contributed by atoms with Gasteiger partial charge in [-0.05, 0) is 42.8 Å². The highest BCUT2D eigenvalue weighted by atomic mass is 16.4. The van der Waals surface area contributed by atoms with E-state index in [0.29, 0.717) is 34.3 Å². The number of fused-ring (bicyclic) bond motifs is 1. The average Bonchev–Trinajstić information content (AvgIpc) is 3.00. The van der Waals surface area contributed by atoms with E-state index in [1.165, 1.54) is 12.1 Å². The predicted molar refractivity (Wildman–Crippen MR) is 110 cm³/mol. The number of aryl methyl sites for hydroxylation is 1. The second-order valence-electron chi connectivity index (χ2n) is 6.67. The number of carbonyl (C=O) groups is 2. The van der Waals surface area contributed by atoms with Crippen molar-refractivity contribution in [3.8, 4) is 22.7 Å². The fourth-order valence-electron chi connectivity index (χ4n) is 3.39. The molecular formula is C22H17N3O4. The van der Waals surface area contributed by atoms with Crippen molar-refractivity contribution in [2.24, 2.45) is 0 Å². The molecule has 0 spiro atoms. The Hall–Kier alpha value is -4.13. The number of anilines is 1. The normalized spacial score (nSPS) is 10.9. The number of nitrogens with zero attached hydrogens (tertiary/aromatic N) is 2. The predicted octanol–water partition coefficient (Wildman–Crippen LogP) is 3.80. The number of aldehydes is 1. The van der Waals surface area contributed by atoms with E-state index < -0.39 is 5.97 Å². The molecule has 0 fully saturated rings. The number of aromatic carboxylic acids is 1. The summed E-state index contributed by atoms with van der Waals surface area (Å²) in [4.78, 5) is 27.6. The minimum atomic E-state index is -1.03. The summed E-state index contributed by atoms with van der Waals surface area (Å²) in [5.74, 6) is -0.738. The van der Waals surface area contributed by atoms with Gasteiger partial charge in [0.15, 0.2) is 6.29 Å². The molecular weight excluding hydrogens is 370 g/mol. The molecule has 0 saturated heterocycles. The molecule has 2 aromatic carbocycles. The van der Waals surface area contributed by atoms with Crippen LogP contribution in [-0.2, 0) is 0 Å². The number of carboxylic acid groups (broad SMARTS) is 1. The fourth-order valence-corrected chi connectivity index (χ4v) is 3.39. The lowest BCUT2D eigenvalue weighted by molar-refractivity contribution is 0.0696. The molecule has 0 atom stereocenters. The van der Waals surface area contributed by atoms with E-state index in [4.69, 9.17) is 5.73 Å². The first-order valence-corrected chi connectivity index (χ1v) is 8.80. The number of aromatic hydroxyl groups is 1. The smallest absolute Gasteiger partial charge is 0.335 e. The highest BCUT2D eigenvalue weighted by Gasteiger charge is 2.19. The molecule has 4 aromatic rings. The summed E-state index contributed by atoms with van der Waals surface area (Å²) in [5, 5.41) is 19.1. The van der Waals surface area contributed by atoms with Crippen molar-refractivity contribution in [2.45, 2.75) is 6.92 Å². The summed E-state index contributed by atoms with van der Waals surface area (Å²) in [5.41, 5.74) is 10.3. The molecule has 4 N–H and O–H groups in total. The van der Waals surface area contributed by atoms with Gasteiger partial charge in [-0.3, -0.25) is 9.36 Å². The van der Waals surface area contributed by atoms with Crippen LogP contribution in [0.25, 0.3) is 28.0 Å². The number of hydrogen-bond donors (Lipinski definition) is 3. The fraction of sp³-hybridized carbons (Fsp3) is 0.0455. The SMILES string of the molecule is Cc1ccc(O)cc1-n1c(N)c(C=O)c2nc(-c3cccc(C(=O)O)c3)ccc21. The summed E-state index contributed by atoms with van der Waals surface area (Å²) in [7, 11) is 0. The third kappa shape index (κ3) is 2.98. The number of benzene rings is 2. The maximum atomic E-state index is 11.8. The Balaban J connectivity index is 1.97. The van der Waals surface area contributed by atoms with Gasteiger partial charge in [0, 0.05) is 11.6 Å². The number of phenolic OH excluding ortho intramolecular Hbond substituents is 1. The van der Waals surface area contributed by atoms with Crippen molar-refractivity contribution in [3.63, 3.8) is 0 Å². The molecule has 0 aliphatic rings. The van der Waals surface area contributed by atoms with Crippen LogP contribution in [0.4, 0.5) is 5.82 Å². The van der Waals surface area contributed by atoms with Crippen LogP contribution in [0.15, 0.2) is 54.6 Å². The molecule has 7 nitrogen and oxygen atoms in total. The number of phenols is 1. The van der Waals surface area contributed by atoms with Crippen molar-refractivity contribution in [3.05, 3.63) is 71.3 Å². The molecule has 0 radical (unpaired) electrons. The van der Waals surface area contributed by atoms with E-state index in [-0.39, 0.29) is 22.7 Å². The number of carbonyl (C=O) groups excluding carboxylic acids is 1. The highest BCUT2D eigenvalue weighted by Crippen LogP contribution is 2.33. The minimum Gasteiger partial charge on any atom is -0.508 e. The molecule has 0 bridgehead atoms. The minimum absolute atomic E-state index is 0.0783. The third-order valence-electron chi connectivity index (χ3n) is 4.84. The Morgan fingerprint density at radius 1 is 1.14 bits per heavy atom. The van der Waals surface area contributed by atoms with E-state index in [9.17, 15) is 19.8 Å². The zero-order valence-corrected chi connectivity index (χ0v) is 15.5. The van der Waals surface area contributed by atoms with E-state index in [1.54, 1.807) is 47.0 Å². The summed E-state index contributed by atoms with van der Waals surface area (Å²) >= 11 is 0. The summed E-state index contributed by atoms with van der Waals surface area (Å²) in [6, 6.07) is 14.8. The van der Waals surface area contributed by atoms with Crippen LogP contribution in [0.1, 0.15) is 26.3 Å². The van der Waals surface area contributed by atoms with Crippen molar-refractivity contribution in [2.75, 3.05) is 5.73 Å². The van der Waals surface area contributed by atoms with Gasteiger partial charge in [0.2, 0.25) is 0 Å². The van der Waals surface area contributed by atoms with E-state index in [2.05, 4.69) is 4.98 Å². The van der Waals surface area contributed by atoms with Gasteiger partial charge >= 0.3 is 5.97 Å². The number of rotatable bonds is 4. The number of nitrogens with two attached hydrogens (primary N) is 1. The number of hydrogen-bond acceptors (Lipinski definition) is 5. The Labute approximate surface area is 165 Å². The van der Waals surface area contributed by atoms with Gasteiger partial charge in [-0.2, -0.15) is 0 Å². The van der Waals surface area contributed by atoms with Crippen LogP contribution < -0.4 is 5.73 Å². The topological polar surface area (TPSA) is 118 Å². The second-order valence-corrected chi connectivity index (χ2v) is 6.67. The largest absolute Gasteiger partial charge is 0.508 e. The molecule has 7 heteroatoms. The van der Waals surface area contributed by atoms with Crippen LogP contribution in [0.3, 0.4) is 0 Å². The summed E-state index contributed by atoms with van der Waals surface area (Å²) < 4.78 is 1.68. The Bertz CT molecular complexity index is 1290. The zero-order chi connectivity index (χ0) is 20.7. The molecule has 0 aliphatic carbocycles. The van der Waals surface area contributed by atoms with E-state index >= 15 is 0 Å². The maximum Gasteiger partial charge on any atom is 0.335 e. The number of nitrogen functional groups attached to an aromatic ring is 1. The van der Waals surface area contributed by atoms with Gasteiger partial charge < -0.3 is 15.9 Å². The molecule has 144 valence electrons. The molecule has 0 unspecified atom stereocenters. The van der Waals surface area contributed by atoms with Crippen molar-refractivity contribution < 1.29 is 19.8 Å². The molecule has 0 aliphatic heterocycles. The zero-order valence-electron chi connectivity index (χ0n) is 15.5. The molecule has 4 rings (SSSR count). The third-order valence-corrected chi connectivity index (χ3v) is 4.84. The van der Waals surface area contributed by atoms with Gasteiger partial charge in [0.1, 0.15) is 17.1 Å². The molecule has 2 aromatic heterocycles. The van der Waals surface area contributed by atoms with Crippen molar-refractivity contribution in [1.29, 1.82) is 0 Å². The molecule has 0 amide bonds. The Morgan fingerprint density at radius 3 is 2.66 bits per heavy atom. The maximum absolute atomic E-state index is 11.8. The molecule has 2 heterocycles. The molecule has 0 saturated carbocycles. The van der Waals surface area contributed by atoms with Gasteiger partial charge in [0.25, 0.3) is 0 Å². The Kier molecular flexibility index (Phi) is 4.27. The van der Waals surface area contributed by atoms with E-state index in [1.807, 2.05) is 6.92 Å². The number of aromatic nitrogens is 2. The number of pyridine rings is 1. The first-order valence-electron chi connectivity index (χ1n) is 8.80. The first-order chi connectivity index (χ1) is 13.9.